The predicted octanol–water partition coefficient (Wildman–Crippen LogP) is 3.86. The topological polar surface area (TPSA) is 56.7 Å². The lowest BCUT2D eigenvalue weighted by atomic mass is 9.97. The Labute approximate surface area is 171 Å². The van der Waals surface area contributed by atoms with Crippen LogP contribution in [0, 0.1) is 25.6 Å². The third-order valence-corrected chi connectivity index (χ3v) is 5.55. The molecule has 2 aromatic heterocycles. The molecule has 0 aromatic carbocycles. The van der Waals surface area contributed by atoms with E-state index in [1.54, 1.807) is 0 Å². The zero-order valence-corrected chi connectivity index (χ0v) is 17.3. The molecule has 0 N–H and O–H groups in total. The third kappa shape index (κ3) is 4.61. The summed E-state index contributed by atoms with van der Waals surface area (Å²) in [5.41, 5.74) is 2.33. The fourth-order valence-electron chi connectivity index (χ4n) is 4.11. The first-order valence-corrected chi connectivity index (χ1v) is 10.3. The maximum atomic E-state index is 14.7. The molecule has 2 atom stereocenters. The van der Waals surface area contributed by atoms with Crippen molar-refractivity contribution in [2.24, 2.45) is 5.92 Å². The summed E-state index contributed by atoms with van der Waals surface area (Å²) in [6, 6.07) is 5.18. The molecule has 0 amide bonds. The maximum absolute atomic E-state index is 14.7. The van der Waals surface area contributed by atoms with Crippen LogP contribution in [0.3, 0.4) is 0 Å². The van der Waals surface area contributed by atoms with Gasteiger partial charge in [-0.1, -0.05) is 0 Å². The number of hydrogen-bond donors (Lipinski definition) is 0. The molecule has 2 aliphatic heterocycles. The highest BCUT2D eigenvalue weighted by molar-refractivity contribution is 5.37. The molecule has 156 valence electrons. The van der Waals surface area contributed by atoms with Gasteiger partial charge in [-0.3, -0.25) is 9.88 Å². The van der Waals surface area contributed by atoms with Gasteiger partial charge in [0.15, 0.2) is 5.75 Å². The van der Waals surface area contributed by atoms with Crippen LogP contribution in [0.15, 0.2) is 18.2 Å². The van der Waals surface area contributed by atoms with Crippen LogP contribution in [0.5, 0.6) is 17.4 Å². The number of hydrogen-bond acceptors (Lipinski definition) is 6. The number of likely N-dealkylation sites (tertiary alicyclic amines) is 1. The maximum Gasteiger partial charge on any atom is 0.257 e. The summed E-state index contributed by atoms with van der Waals surface area (Å²) < 4.78 is 31.7. The summed E-state index contributed by atoms with van der Waals surface area (Å²) in [6.07, 6.45) is 2.16. The monoisotopic (exact) mass is 401 g/mol. The lowest BCUT2D eigenvalue weighted by Gasteiger charge is -2.36. The van der Waals surface area contributed by atoms with Gasteiger partial charge < -0.3 is 14.2 Å². The third-order valence-electron chi connectivity index (χ3n) is 5.55. The quantitative estimate of drug-likeness (QED) is 0.758. The van der Waals surface area contributed by atoms with Crippen LogP contribution < -0.4 is 14.2 Å². The molecule has 0 spiro atoms. The second-order valence-corrected chi connectivity index (χ2v) is 7.93. The van der Waals surface area contributed by atoms with E-state index in [1.807, 2.05) is 32.9 Å². The minimum Gasteiger partial charge on any atom is -0.493 e. The molecule has 6 nitrogen and oxygen atoms in total. The Morgan fingerprint density at radius 3 is 2.72 bits per heavy atom. The zero-order valence-electron chi connectivity index (χ0n) is 17.3. The van der Waals surface area contributed by atoms with Crippen LogP contribution in [0.2, 0.25) is 0 Å². The van der Waals surface area contributed by atoms with Gasteiger partial charge in [0.05, 0.1) is 18.3 Å². The SMILES string of the molecule is Cc1cc(OC[C@H]2CCCN([C@@H](C)c3nc4c(cc3F)OCCO4)C2)cc(C)n1. The van der Waals surface area contributed by atoms with E-state index in [1.165, 1.54) is 6.07 Å². The Hall–Kier alpha value is -2.41. The number of halogens is 1. The number of fused-ring (bicyclic) bond motifs is 1. The van der Waals surface area contributed by atoms with Crippen molar-refractivity contribution in [1.29, 1.82) is 0 Å². The normalized spacial score (nSPS) is 20.3. The number of rotatable bonds is 5. The molecule has 4 heterocycles. The van der Waals surface area contributed by atoms with Gasteiger partial charge >= 0.3 is 0 Å². The van der Waals surface area contributed by atoms with E-state index in [9.17, 15) is 4.39 Å². The summed E-state index contributed by atoms with van der Waals surface area (Å²) in [5, 5.41) is 0. The molecule has 4 rings (SSSR count). The van der Waals surface area contributed by atoms with E-state index in [0.717, 1.165) is 43.1 Å². The van der Waals surface area contributed by atoms with Crippen LogP contribution in [-0.2, 0) is 0 Å². The molecule has 0 bridgehead atoms. The van der Waals surface area contributed by atoms with Gasteiger partial charge in [-0.05, 0) is 40.2 Å². The van der Waals surface area contributed by atoms with E-state index in [2.05, 4.69) is 14.9 Å². The number of nitrogens with zero attached hydrogens (tertiary/aromatic N) is 3. The van der Waals surface area contributed by atoms with E-state index in [4.69, 9.17) is 14.2 Å². The Kier molecular flexibility index (Phi) is 5.85. The van der Waals surface area contributed by atoms with Crippen LogP contribution in [0.1, 0.15) is 42.9 Å². The van der Waals surface area contributed by atoms with Crippen LogP contribution in [0.4, 0.5) is 4.39 Å². The van der Waals surface area contributed by atoms with Gasteiger partial charge in [-0.25, -0.2) is 9.37 Å². The summed E-state index contributed by atoms with van der Waals surface area (Å²) >= 11 is 0. The number of ether oxygens (including phenoxy) is 3. The van der Waals surface area contributed by atoms with Crippen molar-refractivity contribution in [2.45, 2.75) is 39.7 Å². The highest BCUT2D eigenvalue weighted by Gasteiger charge is 2.29. The number of aromatic nitrogens is 2. The molecular formula is C22H28FN3O3. The summed E-state index contributed by atoms with van der Waals surface area (Å²) in [7, 11) is 0. The van der Waals surface area contributed by atoms with Crippen molar-refractivity contribution in [3.05, 3.63) is 41.1 Å². The van der Waals surface area contributed by atoms with Gasteiger partial charge in [-0.15, -0.1) is 0 Å². The standard InChI is InChI=1S/C22H28FN3O3/c1-14-9-18(10-15(2)24-14)29-13-17-5-4-6-26(12-17)16(3)21-19(23)11-20-22(25-21)28-8-7-27-20/h9-11,16-17H,4-8,12-13H2,1-3H3/t16-,17-/m0/s1. The lowest BCUT2D eigenvalue weighted by Crippen LogP contribution is -2.39. The minimum absolute atomic E-state index is 0.140. The average Bonchev–Trinajstić information content (AvgIpc) is 2.71. The zero-order chi connectivity index (χ0) is 20.4. The largest absolute Gasteiger partial charge is 0.493 e. The van der Waals surface area contributed by atoms with Gasteiger partial charge in [0, 0.05) is 42.0 Å². The summed E-state index contributed by atoms with van der Waals surface area (Å²) in [6.45, 7) is 9.21. The first kappa shape index (κ1) is 19.9. The summed E-state index contributed by atoms with van der Waals surface area (Å²) in [5.74, 6) is 1.68. The fourth-order valence-corrected chi connectivity index (χ4v) is 4.11. The fraction of sp³-hybridized carbons (Fsp3) is 0.545. The van der Waals surface area contributed by atoms with Crippen LogP contribution in [0.25, 0.3) is 0 Å². The van der Waals surface area contributed by atoms with Gasteiger partial charge in [-0.2, -0.15) is 0 Å². The number of piperidine rings is 1. The predicted molar refractivity (Wildman–Crippen MR) is 107 cm³/mol. The van der Waals surface area contributed by atoms with Crippen molar-refractivity contribution >= 4 is 0 Å². The highest BCUT2D eigenvalue weighted by Crippen LogP contribution is 2.34. The Morgan fingerprint density at radius 1 is 1.17 bits per heavy atom. The van der Waals surface area contributed by atoms with Gasteiger partial charge in [0.2, 0.25) is 0 Å². The molecule has 0 unspecified atom stereocenters. The smallest absolute Gasteiger partial charge is 0.257 e. The molecule has 1 saturated heterocycles. The van der Waals surface area contributed by atoms with Crippen molar-refractivity contribution in [2.75, 3.05) is 32.9 Å². The van der Waals surface area contributed by atoms with Crippen molar-refractivity contribution < 1.29 is 18.6 Å². The molecule has 0 saturated carbocycles. The Morgan fingerprint density at radius 2 is 1.93 bits per heavy atom. The molecule has 0 aliphatic carbocycles. The van der Waals surface area contributed by atoms with E-state index in [-0.39, 0.29) is 11.9 Å². The molecule has 2 aromatic rings. The second kappa shape index (κ2) is 8.53. The Balaban J connectivity index is 1.41. The molecular weight excluding hydrogens is 373 g/mol. The van der Waals surface area contributed by atoms with E-state index >= 15 is 0 Å². The van der Waals surface area contributed by atoms with Crippen molar-refractivity contribution in [3.8, 4) is 17.4 Å². The Bertz CT molecular complexity index is 856. The molecule has 2 aliphatic rings. The van der Waals surface area contributed by atoms with Crippen LogP contribution in [-0.4, -0.2) is 47.8 Å². The summed E-state index contributed by atoms with van der Waals surface area (Å²) in [4.78, 5) is 11.1. The first-order valence-electron chi connectivity index (χ1n) is 10.3. The van der Waals surface area contributed by atoms with Gasteiger partial charge in [0.25, 0.3) is 5.88 Å². The van der Waals surface area contributed by atoms with Crippen molar-refractivity contribution in [3.63, 3.8) is 0 Å². The molecule has 29 heavy (non-hydrogen) atoms. The van der Waals surface area contributed by atoms with E-state index in [0.29, 0.717) is 43.1 Å². The molecule has 7 heteroatoms. The second-order valence-electron chi connectivity index (χ2n) is 7.93. The first-order chi connectivity index (χ1) is 14.0. The molecule has 1 fully saturated rings. The highest BCUT2D eigenvalue weighted by atomic mass is 19.1. The average molecular weight is 401 g/mol. The van der Waals surface area contributed by atoms with Crippen LogP contribution >= 0.6 is 0 Å². The van der Waals surface area contributed by atoms with Gasteiger partial charge in [0.1, 0.15) is 24.8 Å². The lowest BCUT2D eigenvalue weighted by molar-refractivity contribution is 0.0963. The minimum atomic E-state index is -0.345. The molecule has 0 radical (unpaired) electrons. The van der Waals surface area contributed by atoms with E-state index < -0.39 is 0 Å². The number of pyridine rings is 2. The number of aryl methyl sites for hydroxylation is 2. The van der Waals surface area contributed by atoms with Crippen molar-refractivity contribution in [1.82, 2.24) is 14.9 Å².